The fraction of sp³-hybridized carbons (Fsp3) is 0.333. The Kier molecular flexibility index (Phi) is 6.69. The lowest BCUT2D eigenvalue weighted by Crippen LogP contribution is -2.01. The third kappa shape index (κ3) is 4.14. The van der Waals surface area contributed by atoms with E-state index in [1.807, 2.05) is 0 Å². The number of nitrogens with one attached hydrogen (secondary N) is 2. The number of nitrogen functional groups attached to an aromatic ring is 2. The van der Waals surface area contributed by atoms with Gasteiger partial charge in [0.25, 0.3) is 0 Å². The van der Waals surface area contributed by atoms with Crippen LogP contribution in [0.25, 0.3) is 0 Å². The van der Waals surface area contributed by atoms with Gasteiger partial charge in [0.15, 0.2) is 0 Å². The zero-order valence-corrected chi connectivity index (χ0v) is 13.4. The fourth-order valence-corrected chi connectivity index (χ4v) is 2.15. The lowest BCUT2D eigenvalue weighted by molar-refractivity contribution is 0.758. The van der Waals surface area contributed by atoms with Crippen molar-refractivity contribution < 1.29 is 0 Å². The van der Waals surface area contributed by atoms with Crippen LogP contribution in [0.1, 0.15) is 22.5 Å². The Bertz CT molecular complexity index is 581. The zero-order chi connectivity index (χ0) is 13.9. The molecule has 10 heteroatoms. The number of hydrogen-bond acceptors (Lipinski definition) is 8. The van der Waals surface area contributed by atoms with Crippen molar-refractivity contribution in [3.05, 3.63) is 34.9 Å². The van der Waals surface area contributed by atoms with E-state index >= 15 is 0 Å². The summed E-state index contributed by atoms with van der Waals surface area (Å²) in [6.07, 6.45) is 3.55. The Hall–Kier alpha value is -1.74. The molecule has 0 bridgehead atoms. The highest BCUT2D eigenvalue weighted by atomic mass is 35.5. The van der Waals surface area contributed by atoms with Crippen molar-refractivity contribution in [2.75, 3.05) is 11.5 Å². The first-order valence-electron chi connectivity index (χ1n) is 6.34. The summed E-state index contributed by atoms with van der Waals surface area (Å²) in [4.78, 5) is 15.9. The second-order valence-corrected chi connectivity index (χ2v) is 4.61. The lowest BCUT2D eigenvalue weighted by Gasteiger charge is -1.94. The van der Waals surface area contributed by atoms with E-state index in [2.05, 4.69) is 30.6 Å². The molecule has 0 radical (unpaired) electrons. The third-order valence-corrected chi connectivity index (χ3v) is 3.16. The van der Waals surface area contributed by atoms with E-state index in [9.17, 15) is 0 Å². The summed E-state index contributed by atoms with van der Waals surface area (Å²) in [6, 6.07) is 0. The van der Waals surface area contributed by atoms with Crippen LogP contribution in [0.4, 0.5) is 11.9 Å². The molecule has 0 aliphatic carbocycles. The highest BCUT2D eigenvalue weighted by molar-refractivity contribution is 5.85. The number of anilines is 2. The van der Waals surface area contributed by atoms with Gasteiger partial charge < -0.3 is 22.1 Å². The molecule has 120 valence electrons. The number of nitrogens with two attached hydrogens (primary N) is 2. The van der Waals surface area contributed by atoms with E-state index < -0.39 is 0 Å². The van der Waals surface area contributed by atoms with E-state index in [1.165, 1.54) is 0 Å². The van der Waals surface area contributed by atoms with E-state index in [1.54, 1.807) is 12.4 Å². The molecule has 22 heavy (non-hydrogen) atoms. The van der Waals surface area contributed by atoms with Gasteiger partial charge in [-0.2, -0.15) is 0 Å². The van der Waals surface area contributed by atoms with Gasteiger partial charge in [0.2, 0.25) is 11.9 Å². The smallest absolute Gasteiger partial charge is 0.220 e. The third-order valence-electron chi connectivity index (χ3n) is 3.16. The maximum absolute atomic E-state index is 5.38. The SMILES string of the molecule is Cl.Cl.Nc1ncc2c(n1)CNC2.Nc1ncc2c(n1)CNC2. The molecule has 0 saturated carbocycles. The van der Waals surface area contributed by atoms with Crippen molar-refractivity contribution in [2.24, 2.45) is 0 Å². The summed E-state index contributed by atoms with van der Waals surface area (Å²) in [5.74, 6) is 0.727. The fourth-order valence-electron chi connectivity index (χ4n) is 2.15. The van der Waals surface area contributed by atoms with E-state index in [0.29, 0.717) is 11.9 Å². The average molecular weight is 345 g/mol. The minimum Gasteiger partial charge on any atom is -0.368 e. The molecular weight excluding hydrogens is 327 g/mol. The summed E-state index contributed by atoms with van der Waals surface area (Å²) < 4.78 is 0. The molecule has 6 N–H and O–H groups in total. The van der Waals surface area contributed by atoms with Crippen molar-refractivity contribution in [3.63, 3.8) is 0 Å². The Morgan fingerprint density at radius 1 is 0.727 bits per heavy atom. The summed E-state index contributed by atoms with van der Waals surface area (Å²) >= 11 is 0. The number of halogens is 2. The van der Waals surface area contributed by atoms with Crippen molar-refractivity contribution in [1.82, 2.24) is 30.6 Å². The summed E-state index contributed by atoms with van der Waals surface area (Å²) in [6.45, 7) is 3.38. The monoisotopic (exact) mass is 344 g/mol. The van der Waals surface area contributed by atoms with E-state index in [4.69, 9.17) is 11.5 Å². The van der Waals surface area contributed by atoms with Crippen molar-refractivity contribution in [1.29, 1.82) is 0 Å². The van der Waals surface area contributed by atoms with Gasteiger partial charge in [-0.15, -0.1) is 24.8 Å². The molecule has 0 fully saturated rings. The molecule has 2 aliphatic rings. The van der Waals surface area contributed by atoms with Crippen molar-refractivity contribution in [3.8, 4) is 0 Å². The average Bonchev–Trinajstić information content (AvgIpc) is 3.06. The molecule has 2 aromatic rings. The maximum Gasteiger partial charge on any atom is 0.220 e. The second-order valence-electron chi connectivity index (χ2n) is 4.61. The van der Waals surface area contributed by atoms with Crippen LogP contribution in [-0.4, -0.2) is 19.9 Å². The molecular formula is C12H18Cl2N8. The molecule has 0 saturated heterocycles. The topological polar surface area (TPSA) is 128 Å². The largest absolute Gasteiger partial charge is 0.368 e. The van der Waals surface area contributed by atoms with Gasteiger partial charge in [0.1, 0.15) is 0 Å². The highest BCUT2D eigenvalue weighted by Crippen LogP contribution is 2.11. The molecule has 4 rings (SSSR count). The molecule has 2 aromatic heterocycles. The number of nitrogens with zero attached hydrogens (tertiary/aromatic N) is 4. The van der Waals surface area contributed by atoms with E-state index in [0.717, 1.165) is 48.7 Å². The van der Waals surface area contributed by atoms with Gasteiger partial charge >= 0.3 is 0 Å². The Morgan fingerprint density at radius 2 is 1.14 bits per heavy atom. The summed E-state index contributed by atoms with van der Waals surface area (Å²) in [5, 5.41) is 6.31. The summed E-state index contributed by atoms with van der Waals surface area (Å²) in [5.41, 5.74) is 15.2. The van der Waals surface area contributed by atoms with Crippen LogP contribution in [0.2, 0.25) is 0 Å². The Balaban J connectivity index is 0.000000202. The molecule has 0 atom stereocenters. The van der Waals surface area contributed by atoms with Crippen LogP contribution in [0, 0.1) is 0 Å². The van der Waals surface area contributed by atoms with Crippen LogP contribution in [0.15, 0.2) is 12.4 Å². The van der Waals surface area contributed by atoms with Gasteiger partial charge in [-0.05, 0) is 0 Å². The van der Waals surface area contributed by atoms with Gasteiger partial charge in [-0.3, -0.25) is 0 Å². The number of rotatable bonds is 0. The first kappa shape index (κ1) is 18.3. The zero-order valence-electron chi connectivity index (χ0n) is 11.7. The quantitative estimate of drug-likeness (QED) is 0.532. The molecule has 2 aliphatic heterocycles. The van der Waals surface area contributed by atoms with Crippen molar-refractivity contribution >= 4 is 36.7 Å². The summed E-state index contributed by atoms with van der Waals surface area (Å²) in [7, 11) is 0. The predicted molar refractivity (Wildman–Crippen MR) is 88.5 cm³/mol. The Labute approximate surface area is 140 Å². The number of aromatic nitrogens is 4. The molecule has 0 amide bonds. The first-order chi connectivity index (χ1) is 9.72. The van der Waals surface area contributed by atoms with Gasteiger partial charge in [-0.25, -0.2) is 19.9 Å². The minimum absolute atomic E-state index is 0. The molecule has 0 spiro atoms. The minimum atomic E-state index is 0. The molecule has 8 nitrogen and oxygen atoms in total. The number of hydrogen-bond donors (Lipinski definition) is 4. The van der Waals surface area contributed by atoms with Gasteiger partial charge in [0.05, 0.1) is 11.4 Å². The van der Waals surface area contributed by atoms with Gasteiger partial charge in [-0.1, -0.05) is 0 Å². The molecule has 4 heterocycles. The van der Waals surface area contributed by atoms with Crippen LogP contribution in [0.3, 0.4) is 0 Å². The Morgan fingerprint density at radius 3 is 1.55 bits per heavy atom. The number of fused-ring (bicyclic) bond motifs is 2. The van der Waals surface area contributed by atoms with Crippen LogP contribution < -0.4 is 22.1 Å². The highest BCUT2D eigenvalue weighted by Gasteiger charge is 2.11. The van der Waals surface area contributed by atoms with Crippen molar-refractivity contribution in [2.45, 2.75) is 26.2 Å². The van der Waals surface area contributed by atoms with Gasteiger partial charge in [0, 0.05) is 49.7 Å². The standard InChI is InChI=1S/2C6H8N4.2ClH/c2*7-6-9-2-4-1-8-3-5(4)10-6;;/h2*2,8H,1,3H2,(H2,7,9,10);2*1H. The second kappa shape index (κ2) is 8.04. The lowest BCUT2D eigenvalue weighted by atomic mass is 10.3. The van der Waals surface area contributed by atoms with Crippen LogP contribution in [0.5, 0.6) is 0 Å². The van der Waals surface area contributed by atoms with Crippen LogP contribution in [-0.2, 0) is 26.2 Å². The first-order valence-corrected chi connectivity index (χ1v) is 6.34. The molecule has 0 unspecified atom stereocenters. The normalized spacial score (nSPS) is 13.8. The predicted octanol–water partition coefficient (Wildman–Crippen LogP) is 0.168. The van der Waals surface area contributed by atoms with Crippen LogP contribution >= 0.6 is 24.8 Å². The van der Waals surface area contributed by atoms with E-state index in [-0.39, 0.29) is 24.8 Å². The molecule has 0 aromatic carbocycles. The maximum atomic E-state index is 5.38.